The number of aromatic amines is 1. The van der Waals surface area contributed by atoms with Crippen LogP contribution in [0.15, 0.2) is 29.1 Å². The lowest BCUT2D eigenvalue weighted by atomic mass is 10.0. The highest BCUT2D eigenvalue weighted by Gasteiger charge is 2.31. The fourth-order valence-corrected chi connectivity index (χ4v) is 3.71. The smallest absolute Gasteiger partial charge is 0.326 e. The molecule has 24 heavy (non-hydrogen) atoms. The molecule has 0 aliphatic carbocycles. The van der Waals surface area contributed by atoms with Crippen molar-refractivity contribution < 1.29 is 9.53 Å². The highest BCUT2D eigenvalue weighted by atomic mass is 16.5. The summed E-state index contributed by atoms with van der Waals surface area (Å²) in [6.07, 6.45) is 1.20. The Hall–Kier alpha value is -2.12. The molecule has 1 aromatic heterocycles. The third kappa shape index (κ3) is 2.74. The number of hydrogen-bond donors (Lipinski definition) is 2. The fraction of sp³-hybridized carbons (Fsp3) is 0.529. The van der Waals surface area contributed by atoms with E-state index >= 15 is 0 Å². The van der Waals surface area contributed by atoms with Crippen LogP contribution in [0.5, 0.6) is 0 Å². The van der Waals surface area contributed by atoms with Gasteiger partial charge in [0.1, 0.15) is 6.10 Å². The van der Waals surface area contributed by atoms with Crippen molar-refractivity contribution in [1.82, 2.24) is 19.8 Å². The third-order valence-electron chi connectivity index (χ3n) is 4.97. The molecule has 128 valence electrons. The molecule has 0 unspecified atom stereocenters. The summed E-state index contributed by atoms with van der Waals surface area (Å²) < 4.78 is 7.40. The van der Waals surface area contributed by atoms with E-state index in [0.717, 1.165) is 30.4 Å². The van der Waals surface area contributed by atoms with Gasteiger partial charge in [-0.3, -0.25) is 9.36 Å². The number of hydrogen-bond acceptors (Lipinski definition) is 4. The molecule has 2 aliphatic heterocycles. The van der Waals surface area contributed by atoms with Crippen molar-refractivity contribution in [2.45, 2.75) is 25.0 Å². The third-order valence-corrected chi connectivity index (χ3v) is 4.97. The predicted molar refractivity (Wildman–Crippen MR) is 90.0 cm³/mol. The van der Waals surface area contributed by atoms with Crippen LogP contribution in [0.25, 0.3) is 11.0 Å². The van der Waals surface area contributed by atoms with E-state index in [1.54, 1.807) is 0 Å². The van der Waals surface area contributed by atoms with Gasteiger partial charge in [0.15, 0.2) is 0 Å². The Morgan fingerprint density at radius 3 is 2.75 bits per heavy atom. The molecular formula is C17H22N4O3. The van der Waals surface area contributed by atoms with Crippen molar-refractivity contribution >= 4 is 16.9 Å². The zero-order valence-electron chi connectivity index (χ0n) is 13.5. The van der Waals surface area contributed by atoms with E-state index in [9.17, 15) is 9.59 Å². The summed E-state index contributed by atoms with van der Waals surface area (Å²) in [5.74, 6) is 0.0620. The molecule has 7 nitrogen and oxygen atoms in total. The lowest BCUT2D eigenvalue weighted by molar-refractivity contribution is -0.146. The van der Waals surface area contributed by atoms with E-state index in [1.165, 1.54) is 0 Å². The van der Waals surface area contributed by atoms with Crippen LogP contribution in [0.2, 0.25) is 0 Å². The first kappa shape index (κ1) is 15.4. The normalized spacial score (nSPS) is 22.8. The number of ether oxygens (including phenoxy) is 1. The topological polar surface area (TPSA) is 79.4 Å². The number of nitrogens with zero attached hydrogens (tertiary/aromatic N) is 2. The zero-order chi connectivity index (χ0) is 16.5. The zero-order valence-corrected chi connectivity index (χ0v) is 13.5. The average molecular weight is 330 g/mol. The van der Waals surface area contributed by atoms with Gasteiger partial charge in [-0.05, 0) is 25.0 Å². The van der Waals surface area contributed by atoms with E-state index in [0.29, 0.717) is 26.2 Å². The Morgan fingerprint density at radius 2 is 2.00 bits per heavy atom. The van der Waals surface area contributed by atoms with E-state index in [1.807, 2.05) is 33.7 Å². The van der Waals surface area contributed by atoms with E-state index in [-0.39, 0.29) is 23.7 Å². The van der Waals surface area contributed by atoms with Gasteiger partial charge in [0.2, 0.25) is 0 Å². The molecule has 1 amide bonds. The summed E-state index contributed by atoms with van der Waals surface area (Å²) in [5, 5.41) is 3.19. The molecule has 3 heterocycles. The van der Waals surface area contributed by atoms with Gasteiger partial charge in [-0.2, -0.15) is 0 Å². The monoisotopic (exact) mass is 330 g/mol. The number of fused-ring (bicyclic) bond motifs is 1. The quantitative estimate of drug-likeness (QED) is 0.839. The molecule has 0 spiro atoms. The highest BCUT2D eigenvalue weighted by molar-refractivity contribution is 5.81. The van der Waals surface area contributed by atoms with E-state index in [2.05, 4.69) is 10.3 Å². The van der Waals surface area contributed by atoms with Crippen LogP contribution in [-0.2, 0) is 9.53 Å². The van der Waals surface area contributed by atoms with Crippen LogP contribution in [0.4, 0.5) is 0 Å². The van der Waals surface area contributed by atoms with Crippen molar-refractivity contribution in [3.63, 3.8) is 0 Å². The lowest BCUT2D eigenvalue weighted by Gasteiger charge is -2.35. The summed E-state index contributed by atoms with van der Waals surface area (Å²) in [5.41, 5.74) is 1.73. The Labute approximate surface area is 139 Å². The lowest BCUT2D eigenvalue weighted by Crippen LogP contribution is -2.51. The summed E-state index contributed by atoms with van der Waals surface area (Å²) in [4.78, 5) is 29.6. The van der Waals surface area contributed by atoms with Gasteiger partial charge in [-0.15, -0.1) is 0 Å². The maximum atomic E-state index is 12.5. The molecule has 2 saturated heterocycles. The largest absolute Gasteiger partial charge is 0.366 e. The Morgan fingerprint density at radius 1 is 1.21 bits per heavy atom. The second-order valence-electron chi connectivity index (χ2n) is 6.44. The Kier molecular flexibility index (Phi) is 4.12. The molecule has 1 aromatic carbocycles. The molecule has 0 bridgehead atoms. The number of amides is 1. The van der Waals surface area contributed by atoms with Crippen LogP contribution >= 0.6 is 0 Å². The Balaban J connectivity index is 1.46. The highest BCUT2D eigenvalue weighted by Crippen LogP contribution is 2.25. The first-order valence-corrected chi connectivity index (χ1v) is 8.54. The van der Waals surface area contributed by atoms with Gasteiger partial charge in [-0.25, -0.2) is 4.79 Å². The molecule has 0 saturated carbocycles. The van der Waals surface area contributed by atoms with Crippen molar-refractivity contribution in [3.8, 4) is 0 Å². The van der Waals surface area contributed by atoms with Crippen molar-refractivity contribution in [1.29, 1.82) is 0 Å². The maximum Gasteiger partial charge on any atom is 0.326 e. The average Bonchev–Trinajstić information content (AvgIpc) is 2.98. The van der Waals surface area contributed by atoms with Crippen LogP contribution in [0.1, 0.15) is 18.9 Å². The number of piperidine rings is 1. The van der Waals surface area contributed by atoms with Gasteiger partial charge in [-0.1, -0.05) is 12.1 Å². The standard InChI is InChI=1S/C17H22N4O3/c22-16(15-11-18-7-10-24-15)20-8-5-12(6-9-20)21-14-4-2-1-3-13(14)19-17(21)23/h1-4,12,15,18H,5-11H2,(H,19,23)/t15-/m0/s1. The minimum atomic E-state index is -0.369. The minimum Gasteiger partial charge on any atom is -0.366 e. The van der Waals surface area contributed by atoms with Gasteiger partial charge < -0.3 is 19.9 Å². The van der Waals surface area contributed by atoms with Crippen molar-refractivity contribution in [2.75, 3.05) is 32.8 Å². The number of carbonyl (C=O) groups excluding carboxylic acids is 1. The predicted octanol–water partition coefficient (Wildman–Crippen LogP) is 0.482. The first-order valence-electron chi connectivity index (χ1n) is 8.54. The van der Waals surface area contributed by atoms with Gasteiger partial charge >= 0.3 is 5.69 Å². The summed E-state index contributed by atoms with van der Waals surface area (Å²) >= 11 is 0. The number of carbonyl (C=O) groups is 1. The second kappa shape index (κ2) is 6.41. The minimum absolute atomic E-state index is 0.0620. The number of imidazole rings is 1. The summed E-state index contributed by atoms with van der Waals surface area (Å²) in [6.45, 7) is 3.29. The molecule has 7 heteroatoms. The number of benzene rings is 1. The van der Waals surface area contributed by atoms with Crippen molar-refractivity contribution in [3.05, 3.63) is 34.7 Å². The number of H-pyrrole nitrogens is 1. The number of aromatic nitrogens is 2. The molecule has 2 N–H and O–H groups in total. The van der Waals surface area contributed by atoms with E-state index in [4.69, 9.17) is 4.74 Å². The van der Waals surface area contributed by atoms with Crippen LogP contribution < -0.4 is 11.0 Å². The molecule has 2 aliphatic rings. The van der Waals surface area contributed by atoms with Gasteiger partial charge in [0.25, 0.3) is 5.91 Å². The molecular weight excluding hydrogens is 308 g/mol. The molecule has 2 aromatic rings. The SMILES string of the molecule is O=C([C@@H]1CNCCO1)N1CCC(n2c(=O)[nH]c3ccccc32)CC1. The number of nitrogens with one attached hydrogen (secondary N) is 2. The van der Waals surface area contributed by atoms with E-state index < -0.39 is 0 Å². The summed E-state index contributed by atoms with van der Waals surface area (Å²) in [6, 6.07) is 7.87. The first-order chi connectivity index (χ1) is 11.7. The van der Waals surface area contributed by atoms with Gasteiger partial charge in [0, 0.05) is 32.2 Å². The van der Waals surface area contributed by atoms with Gasteiger partial charge in [0.05, 0.1) is 17.6 Å². The molecule has 2 fully saturated rings. The molecule has 4 rings (SSSR count). The fourth-order valence-electron chi connectivity index (χ4n) is 3.71. The second-order valence-corrected chi connectivity index (χ2v) is 6.44. The molecule has 0 radical (unpaired) electrons. The number of likely N-dealkylation sites (tertiary alicyclic amines) is 1. The van der Waals surface area contributed by atoms with Crippen molar-refractivity contribution in [2.24, 2.45) is 0 Å². The maximum absolute atomic E-state index is 12.5. The van der Waals surface area contributed by atoms with Crippen LogP contribution in [-0.4, -0.2) is 59.2 Å². The summed E-state index contributed by atoms with van der Waals surface area (Å²) in [7, 11) is 0. The Bertz CT molecular complexity index is 782. The number of rotatable bonds is 2. The number of morpholine rings is 1. The number of para-hydroxylation sites is 2. The van der Waals surface area contributed by atoms with Crippen LogP contribution in [0, 0.1) is 0 Å². The van der Waals surface area contributed by atoms with Crippen LogP contribution in [0.3, 0.4) is 0 Å². The molecule has 1 atom stereocenters.